The van der Waals surface area contributed by atoms with Crippen LogP contribution in [0.25, 0.3) is 27.5 Å². The van der Waals surface area contributed by atoms with Gasteiger partial charge in [0, 0.05) is 37.5 Å². The summed E-state index contributed by atoms with van der Waals surface area (Å²) in [6.45, 7) is 4.15. The molecule has 0 saturated heterocycles. The third-order valence-corrected chi connectivity index (χ3v) is 6.35. The molecular formula is C20H14Br2N2O2. The molecule has 0 aliphatic carbocycles. The number of halogens is 2. The van der Waals surface area contributed by atoms with Gasteiger partial charge in [-0.1, -0.05) is 31.9 Å². The number of nitro groups is 1. The maximum Gasteiger partial charge on any atom is 0.269 e. The van der Waals surface area contributed by atoms with E-state index in [9.17, 15) is 10.1 Å². The number of nitro benzene ring substituents is 1. The summed E-state index contributed by atoms with van der Waals surface area (Å²) in [5, 5.41) is 13.3. The van der Waals surface area contributed by atoms with Crippen LogP contribution in [-0.4, -0.2) is 9.49 Å². The summed E-state index contributed by atoms with van der Waals surface area (Å²) in [6, 6.07) is 15.2. The lowest BCUT2D eigenvalue weighted by Crippen LogP contribution is -1.95. The van der Waals surface area contributed by atoms with E-state index in [1.165, 1.54) is 11.1 Å². The van der Waals surface area contributed by atoms with Gasteiger partial charge >= 0.3 is 0 Å². The van der Waals surface area contributed by atoms with E-state index in [0.717, 1.165) is 36.4 Å². The van der Waals surface area contributed by atoms with Crippen LogP contribution in [0, 0.1) is 24.0 Å². The number of nitrogens with zero attached hydrogens (tertiary/aromatic N) is 2. The first-order valence-corrected chi connectivity index (χ1v) is 9.60. The van der Waals surface area contributed by atoms with Gasteiger partial charge in [0.1, 0.15) is 0 Å². The molecular weight excluding hydrogens is 460 g/mol. The lowest BCUT2D eigenvalue weighted by molar-refractivity contribution is -0.384. The fourth-order valence-corrected chi connectivity index (χ4v) is 3.94. The van der Waals surface area contributed by atoms with Gasteiger partial charge in [-0.15, -0.1) is 0 Å². The molecule has 0 N–H and O–H groups in total. The molecule has 0 fully saturated rings. The Morgan fingerprint density at radius 2 is 1.31 bits per heavy atom. The molecule has 1 aromatic heterocycles. The van der Waals surface area contributed by atoms with E-state index >= 15 is 0 Å². The molecule has 130 valence electrons. The Hall–Kier alpha value is -2.18. The van der Waals surface area contributed by atoms with Crippen molar-refractivity contribution in [1.82, 2.24) is 4.57 Å². The highest BCUT2D eigenvalue weighted by atomic mass is 79.9. The summed E-state index contributed by atoms with van der Waals surface area (Å²) < 4.78 is 4.21. The third kappa shape index (κ3) is 2.64. The molecule has 0 bridgehead atoms. The van der Waals surface area contributed by atoms with Crippen LogP contribution in [0.1, 0.15) is 11.1 Å². The SMILES string of the molecule is Cc1cc2c3cc(C)c(Br)cc3n(-c3ccc([N+](=O)[O-])cc3)c2cc1Br. The Morgan fingerprint density at radius 3 is 1.73 bits per heavy atom. The Labute approximate surface area is 166 Å². The molecule has 0 aliphatic rings. The monoisotopic (exact) mass is 472 g/mol. The molecule has 26 heavy (non-hydrogen) atoms. The molecule has 0 unspecified atom stereocenters. The highest BCUT2D eigenvalue weighted by Crippen LogP contribution is 2.37. The van der Waals surface area contributed by atoms with Crippen molar-refractivity contribution in [2.75, 3.05) is 0 Å². The zero-order valence-corrected chi connectivity index (χ0v) is 17.3. The topological polar surface area (TPSA) is 48.1 Å². The smallest absolute Gasteiger partial charge is 0.269 e. The third-order valence-electron chi connectivity index (χ3n) is 4.64. The molecule has 0 amide bonds. The largest absolute Gasteiger partial charge is 0.309 e. The zero-order chi connectivity index (χ0) is 18.6. The highest BCUT2D eigenvalue weighted by Gasteiger charge is 2.16. The van der Waals surface area contributed by atoms with Crippen molar-refractivity contribution in [2.24, 2.45) is 0 Å². The van der Waals surface area contributed by atoms with Crippen molar-refractivity contribution in [3.63, 3.8) is 0 Å². The summed E-state index contributed by atoms with van der Waals surface area (Å²) in [4.78, 5) is 10.6. The maximum atomic E-state index is 11.0. The van der Waals surface area contributed by atoms with Gasteiger partial charge in [0.15, 0.2) is 0 Å². The zero-order valence-electron chi connectivity index (χ0n) is 14.1. The summed E-state index contributed by atoms with van der Waals surface area (Å²) in [7, 11) is 0. The van der Waals surface area contributed by atoms with Gasteiger partial charge in [0.25, 0.3) is 5.69 Å². The molecule has 4 rings (SSSR count). The van der Waals surface area contributed by atoms with Gasteiger partial charge in [0.05, 0.1) is 16.0 Å². The van der Waals surface area contributed by atoms with Gasteiger partial charge in [0.2, 0.25) is 0 Å². The van der Waals surface area contributed by atoms with Crippen LogP contribution in [-0.2, 0) is 0 Å². The van der Waals surface area contributed by atoms with Crippen molar-refractivity contribution in [1.29, 1.82) is 0 Å². The van der Waals surface area contributed by atoms with Crippen molar-refractivity contribution in [3.8, 4) is 5.69 Å². The molecule has 0 saturated carbocycles. The number of fused-ring (bicyclic) bond motifs is 3. The number of hydrogen-bond acceptors (Lipinski definition) is 2. The van der Waals surface area contributed by atoms with E-state index in [0.29, 0.717) is 0 Å². The average molecular weight is 474 g/mol. The fourth-order valence-electron chi connectivity index (χ4n) is 3.27. The molecule has 4 nitrogen and oxygen atoms in total. The van der Waals surface area contributed by atoms with Gasteiger partial charge in [-0.2, -0.15) is 0 Å². The summed E-state index contributed by atoms with van der Waals surface area (Å²) in [6.07, 6.45) is 0. The Morgan fingerprint density at radius 1 is 0.846 bits per heavy atom. The van der Waals surface area contributed by atoms with Gasteiger partial charge < -0.3 is 4.57 Å². The second-order valence-electron chi connectivity index (χ2n) is 6.35. The van der Waals surface area contributed by atoms with Crippen LogP contribution in [0.5, 0.6) is 0 Å². The van der Waals surface area contributed by atoms with E-state index in [2.05, 4.69) is 74.5 Å². The second-order valence-corrected chi connectivity index (χ2v) is 8.05. The van der Waals surface area contributed by atoms with Crippen molar-refractivity contribution in [2.45, 2.75) is 13.8 Å². The van der Waals surface area contributed by atoms with Crippen molar-refractivity contribution in [3.05, 3.63) is 78.7 Å². The molecule has 0 aliphatic heterocycles. The van der Waals surface area contributed by atoms with Gasteiger partial charge in [-0.25, -0.2) is 0 Å². The highest BCUT2D eigenvalue weighted by molar-refractivity contribution is 9.10. The summed E-state index contributed by atoms with van der Waals surface area (Å²) in [5.74, 6) is 0. The summed E-state index contributed by atoms with van der Waals surface area (Å²) >= 11 is 7.26. The minimum Gasteiger partial charge on any atom is -0.309 e. The van der Waals surface area contributed by atoms with Crippen LogP contribution < -0.4 is 0 Å². The molecule has 4 aromatic rings. The molecule has 3 aromatic carbocycles. The first kappa shape index (κ1) is 17.2. The van der Waals surface area contributed by atoms with Crippen molar-refractivity contribution < 1.29 is 4.92 Å². The van der Waals surface area contributed by atoms with Crippen LogP contribution >= 0.6 is 31.9 Å². The van der Waals surface area contributed by atoms with Gasteiger partial charge in [-0.3, -0.25) is 10.1 Å². The van der Waals surface area contributed by atoms with Crippen LogP contribution in [0.2, 0.25) is 0 Å². The van der Waals surface area contributed by atoms with Gasteiger partial charge in [-0.05, 0) is 61.4 Å². The lowest BCUT2D eigenvalue weighted by atomic mass is 10.1. The predicted octanol–water partition coefficient (Wildman–Crippen LogP) is 6.83. The van der Waals surface area contributed by atoms with Crippen LogP contribution in [0.15, 0.2) is 57.5 Å². The lowest BCUT2D eigenvalue weighted by Gasteiger charge is -2.09. The minimum absolute atomic E-state index is 0.0866. The van der Waals surface area contributed by atoms with E-state index in [4.69, 9.17) is 0 Å². The molecule has 1 heterocycles. The minimum atomic E-state index is -0.379. The van der Waals surface area contributed by atoms with E-state index in [1.54, 1.807) is 24.3 Å². The Balaban J connectivity index is 2.13. The number of benzene rings is 3. The van der Waals surface area contributed by atoms with E-state index in [-0.39, 0.29) is 10.6 Å². The van der Waals surface area contributed by atoms with Crippen LogP contribution in [0.3, 0.4) is 0 Å². The van der Waals surface area contributed by atoms with E-state index < -0.39 is 0 Å². The predicted molar refractivity (Wildman–Crippen MR) is 112 cm³/mol. The number of aromatic nitrogens is 1. The quantitative estimate of drug-likeness (QED) is 0.236. The number of hydrogen-bond donors (Lipinski definition) is 0. The van der Waals surface area contributed by atoms with E-state index in [1.807, 2.05) is 0 Å². The Kier molecular flexibility index (Phi) is 4.12. The molecule has 6 heteroatoms. The second kappa shape index (κ2) is 6.21. The fraction of sp³-hybridized carbons (Fsp3) is 0.100. The normalized spacial score (nSPS) is 11.4. The Bertz CT molecular complexity index is 1130. The molecule has 0 radical (unpaired) electrons. The van der Waals surface area contributed by atoms with Crippen molar-refractivity contribution >= 4 is 59.4 Å². The average Bonchev–Trinajstić information content (AvgIpc) is 2.88. The first-order chi connectivity index (χ1) is 12.4. The first-order valence-electron chi connectivity index (χ1n) is 8.02. The standard InChI is InChI=1S/C20H14Br2N2O2/c1-11-7-15-16-8-12(2)18(22)10-20(16)23(19(15)9-17(11)21)13-3-5-14(6-4-13)24(25)26/h3-10H,1-2H3. The number of rotatable bonds is 2. The molecule has 0 atom stereocenters. The maximum absolute atomic E-state index is 11.0. The van der Waals surface area contributed by atoms with Crippen LogP contribution in [0.4, 0.5) is 5.69 Å². The number of non-ortho nitro benzene ring substituents is 1. The number of aryl methyl sites for hydroxylation is 2. The summed E-state index contributed by atoms with van der Waals surface area (Å²) in [5.41, 5.74) is 5.43. The molecule has 0 spiro atoms.